The molecule has 486 valence electrons. The average Bonchev–Trinajstić information content (AvgIpc) is 1.56. The van der Waals surface area contributed by atoms with E-state index in [9.17, 15) is 0 Å². The van der Waals surface area contributed by atoms with Crippen LogP contribution < -0.4 is 19.3 Å². The third kappa shape index (κ3) is 10.3. The van der Waals surface area contributed by atoms with E-state index in [1.807, 2.05) is 192 Å². The van der Waals surface area contributed by atoms with Gasteiger partial charge < -0.3 is 23.7 Å². The molecule has 1 aromatic heterocycles. The predicted octanol–water partition coefficient (Wildman–Crippen LogP) is 25.0. The van der Waals surface area contributed by atoms with Gasteiger partial charge in [-0.1, -0.05) is 159 Å². The van der Waals surface area contributed by atoms with E-state index in [1.165, 1.54) is 36.4 Å². The zero-order chi connectivity index (χ0) is 68.7. The van der Waals surface area contributed by atoms with Gasteiger partial charge >= 0.3 is 0 Å². The first kappa shape index (κ1) is 61.7. The summed E-state index contributed by atoms with van der Waals surface area (Å²) in [4.78, 5) is 3.70. The zero-order valence-corrected chi connectivity index (χ0v) is 53.8. The fourth-order valence-corrected chi connectivity index (χ4v) is 15.1. The number of ether oxygens (including phenoxy) is 2. The van der Waals surface area contributed by atoms with Crippen LogP contribution in [0.5, 0.6) is 23.0 Å². The Morgan fingerprint density at radius 3 is 0.960 bits per heavy atom. The van der Waals surface area contributed by atoms with Crippen LogP contribution in [-0.2, 0) is 10.8 Å². The summed E-state index contributed by atoms with van der Waals surface area (Å²) < 4.78 is 112. The van der Waals surface area contributed by atoms with Crippen molar-refractivity contribution in [3.63, 3.8) is 0 Å². The van der Waals surface area contributed by atoms with Crippen LogP contribution in [0.25, 0.3) is 56.3 Å². The van der Waals surface area contributed by atoms with Crippen molar-refractivity contribution in [1.82, 2.24) is 0 Å². The van der Waals surface area contributed by atoms with Crippen molar-refractivity contribution < 1.29 is 40.2 Å². The molecular formula is C90H56F6N2O3. The molecule has 0 aliphatic heterocycles. The quantitative estimate of drug-likeness (QED) is 0.0902. The molecule has 2 atom stereocenters. The monoisotopic (exact) mass is 1330 g/mol. The van der Waals surface area contributed by atoms with Gasteiger partial charge in [-0.2, -0.15) is 0 Å². The summed E-state index contributed by atoms with van der Waals surface area (Å²) >= 11 is 0. The summed E-state index contributed by atoms with van der Waals surface area (Å²) in [7, 11) is 0. The van der Waals surface area contributed by atoms with Gasteiger partial charge in [0.25, 0.3) is 0 Å². The second-order valence-electron chi connectivity index (χ2n) is 25.2. The van der Waals surface area contributed by atoms with Crippen molar-refractivity contribution in [1.29, 1.82) is 0 Å². The number of rotatable bonds is 16. The summed E-state index contributed by atoms with van der Waals surface area (Å²) in [6.07, 6.45) is 3.54. The largest absolute Gasteiger partial charge is 0.457 e. The first-order valence-corrected chi connectivity index (χ1v) is 32.9. The Morgan fingerprint density at radius 1 is 0.287 bits per heavy atom. The van der Waals surface area contributed by atoms with E-state index in [0.29, 0.717) is 68.3 Å². The molecule has 2 aliphatic carbocycles. The standard InChI is InChI=1S/C90H56F6N2O3/c1-3-55-13-35-69(36-14-55)99-71-39-21-59(22-40-71)89(57-17-25-61(91)26-18-57)79-11-7-5-9-73(79)75-43-29-63(49-81(75)89)97(65-33-47-83(93)85(95)51-65)67-31-45-77-78-46-32-68(54-88(78)101-87(77)53-67)98(66-34-48-84(94)86(96)52-66)64-30-44-76-74-10-6-8-12-80(74)90(82(76)50-64,58-19-27-62(92)28-20-58)60-23-41-72(42-24-60)100-70-37-15-56(4-2)16-38-70/h3-54H,1-2H2. The summed E-state index contributed by atoms with van der Waals surface area (Å²) in [5.41, 5.74) is 14.4. The van der Waals surface area contributed by atoms with Crippen LogP contribution in [0, 0.1) is 34.9 Å². The smallest absolute Gasteiger partial charge is 0.160 e. The Labute approximate surface area is 578 Å². The second kappa shape index (κ2) is 24.6. The van der Waals surface area contributed by atoms with Crippen LogP contribution in [0.4, 0.5) is 60.5 Å². The summed E-state index contributed by atoms with van der Waals surface area (Å²) in [6, 6.07) is 91.4. The Hall–Kier alpha value is -12.9. The fraction of sp³-hybridized carbons (Fsp3) is 0.0222. The maximum atomic E-state index is 15.9. The molecule has 14 aromatic carbocycles. The summed E-state index contributed by atoms with van der Waals surface area (Å²) in [5.74, 6) is -2.43. The number of nitrogens with zero attached hydrogens (tertiary/aromatic N) is 2. The SMILES string of the molecule is C=Cc1ccc(Oc2ccc(C3(c4ccc(F)cc4)c4ccccc4-c4ccc(N(c5ccc(F)c(F)c5)c5ccc6c(c5)oc5cc(N(c7ccc(F)c(F)c7)c7ccc8c(c7)C(c7ccc(F)cc7)(c7ccc(Oc9ccc(C=C)cc9)cc7)c7ccccc7-8)ccc56)cc43)cc2)cc1. The lowest BCUT2D eigenvalue weighted by atomic mass is 9.67. The minimum atomic E-state index is -1.05. The molecule has 2 unspecified atom stereocenters. The Balaban J connectivity index is 0.793. The van der Waals surface area contributed by atoms with Crippen LogP contribution in [0.15, 0.2) is 321 Å². The minimum Gasteiger partial charge on any atom is -0.457 e. The lowest BCUT2D eigenvalue weighted by molar-refractivity contribution is 0.482. The molecule has 0 amide bonds. The maximum absolute atomic E-state index is 15.9. The summed E-state index contributed by atoms with van der Waals surface area (Å²) in [6.45, 7) is 7.74. The van der Waals surface area contributed by atoms with Crippen LogP contribution in [0.2, 0.25) is 0 Å². The molecule has 0 saturated heterocycles. The number of furan rings is 1. The Bertz CT molecular complexity index is 5420. The molecular weight excluding hydrogens is 1270 g/mol. The normalized spacial score (nSPS) is 14.8. The number of anilines is 6. The van der Waals surface area contributed by atoms with E-state index in [2.05, 4.69) is 49.6 Å². The molecule has 101 heavy (non-hydrogen) atoms. The van der Waals surface area contributed by atoms with Crippen molar-refractivity contribution >= 4 is 68.2 Å². The van der Waals surface area contributed by atoms with Gasteiger partial charge in [0.05, 0.1) is 10.8 Å². The average molecular weight is 1330 g/mol. The molecule has 5 nitrogen and oxygen atoms in total. The number of hydrogen-bond donors (Lipinski definition) is 0. The fourth-order valence-electron chi connectivity index (χ4n) is 15.1. The number of fused-ring (bicyclic) bond motifs is 9. The molecule has 2 aliphatic rings. The molecule has 17 rings (SSSR count). The van der Waals surface area contributed by atoms with E-state index in [0.717, 1.165) is 113 Å². The highest BCUT2D eigenvalue weighted by atomic mass is 19.2. The van der Waals surface area contributed by atoms with Gasteiger partial charge in [0.15, 0.2) is 23.3 Å². The van der Waals surface area contributed by atoms with E-state index in [-0.39, 0.29) is 0 Å². The molecule has 0 bridgehead atoms. The molecule has 11 heteroatoms. The van der Waals surface area contributed by atoms with Crippen LogP contribution >= 0.6 is 0 Å². The zero-order valence-electron chi connectivity index (χ0n) is 53.8. The van der Waals surface area contributed by atoms with E-state index in [1.54, 1.807) is 36.4 Å². The van der Waals surface area contributed by atoms with Crippen molar-refractivity contribution in [2.45, 2.75) is 10.8 Å². The Morgan fingerprint density at radius 2 is 0.594 bits per heavy atom. The lowest BCUT2D eigenvalue weighted by Gasteiger charge is -2.35. The van der Waals surface area contributed by atoms with Gasteiger partial charge in [0, 0.05) is 69.2 Å². The molecule has 0 N–H and O–H groups in total. The highest BCUT2D eigenvalue weighted by Crippen LogP contribution is 2.60. The highest BCUT2D eigenvalue weighted by Gasteiger charge is 2.48. The van der Waals surface area contributed by atoms with E-state index >= 15 is 26.3 Å². The number of hydrogen-bond acceptors (Lipinski definition) is 5. The van der Waals surface area contributed by atoms with Crippen molar-refractivity contribution in [2.24, 2.45) is 0 Å². The van der Waals surface area contributed by atoms with E-state index in [4.69, 9.17) is 13.9 Å². The molecule has 0 radical (unpaired) electrons. The van der Waals surface area contributed by atoms with Crippen molar-refractivity contribution in [2.75, 3.05) is 9.80 Å². The molecule has 15 aromatic rings. The molecule has 0 fully saturated rings. The van der Waals surface area contributed by atoms with Crippen LogP contribution in [-0.4, -0.2) is 0 Å². The summed E-state index contributed by atoms with van der Waals surface area (Å²) in [5, 5.41) is 1.48. The topological polar surface area (TPSA) is 38.1 Å². The van der Waals surface area contributed by atoms with Gasteiger partial charge in [-0.15, -0.1) is 0 Å². The first-order valence-electron chi connectivity index (χ1n) is 32.9. The van der Waals surface area contributed by atoms with Gasteiger partial charge in [-0.3, -0.25) is 0 Å². The first-order chi connectivity index (χ1) is 49.3. The van der Waals surface area contributed by atoms with E-state index < -0.39 is 45.7 Å². The predicted molar refractivity (Wildman–Crippen MR) is 391 cm³/mol. The maximum Gasteiger partial charge on any atom is 0.160 e. The highest BCUT2D eigenvalue weighted by molar-refractivity contribution is 6.07. The van der Waals surface area contributed by atoms with Gasteiger partial charge in [-0.25, -0.2) is 26.3 Å². The third-order valence-corrected chi connectivity index (χ3v) is 19.7. The van der Waals surface area contributed by atoms with Gasteiger partial charge in [0.2, 0.25) is 0 Å². The number of halogens is 6. The van der Waals surface area contributed by atoms with Gasteiger partial charge in [-0.05, 0) is 223 Å². The van der Waals surface area contributed by atoms with Crippen LogP contribution in [0.3, 0.4) is 0 Å². The Kier molecular flexibility index (Phi) is 15.0. The minimum absolute atomic E-state index is 0.312. The number of benzene rings is 14. The van der Waals surface area contributed by atoms with Crippen molar-refractivity contribution in [3.05, 3.63) is 407 Å². The molecule has 0 spiro atoms. The lowest BCUT2D eigenvalue weighted by Crippen LogP contribution is -2.29. The second-order valence-corrected chi connectivity index (χ2v) is 25.2. The molecule has 1 heterocycles. The van der Waals surface area contributed by atoms with Crippen LogP contribution in [0.1, 0.15) is 55.6 Å². The molecule has 0 saturated carbocycles. The third-order valence-electron chi connectivity index (χ3n) is 19.7. The van der Waals surface area contributed by atoms with Gasteiger partial charge in [0.1, 0.15) is 45.8 Å². The van der Waals surface area contributed by atoms with Crippen molar-refractivity contribution in [3.8, 4) is 45.3 Å².